The summed E-state index contributed by atoms with van der Waals surface area (Å²) in [5.41, 5.74) is 0.708. The summed E-state index contributed by atoms with van der Waals surface area (Å²) < 4.78 is 10.8. The number of carbonyl (C=O) groups excluding carboxylic acids is 1. The smallest absolute Gasteiger partial charge is 0.348 e. The number of rotatable bonds is 3. The van der Waals surface area contributed by atoms with Crippen LogP contribution in [-0.2, 0) is 9.47 Å². The van der Waals surface area contributed by atoms with Gasteiger partial charge in [0.2, 0.25) is 0 Å². The highest BCUT2D eigenvalue weighted by Crippen LogP contribution is 2.37. The number of aromatic nitrogens is 2. The molecule has 3 heterocycles. The monoisotopic (exact) mass is 349 g/mol. The van der Waals surface area contributed by atoms with E-state index in [-0.39, 0.29) is 11.6 Å². The number of aryl methyl sites for hydroxylation is 2. The fraction of sp³-hybridized carbons (Fsp3) is 0.588. The Morgan fingerprint density at radius 1 is 1.42 bits per heavy atom. The number of thiophene rings is 1. The Bertz CT molecular complexity index is 789. The molecule has 1 atom stereocenters. The van der Waals surface area contributed by atoms with Crippen molar-refractivity contribution in [2.45, 2.75) is 39.7 Å². The second-order valence-corrected chi connectivity index (χ2v) is 7.39. The maximum Gasteiger partial charge on any atom is 0.348 e. The Balaban J connectivity index is 2.13. The van der Waals surface area contributed by atoms with E-state index in [2.05, 4.69) is 23.7 Å². The third-order valence-electron chi connectivity index (χ3n) is 4.64. The average molecular weight is 349 g/mol. The van der Waals surface area contributed by atoms with Crippen LogP contribution in [-0.4, -0.2) is 48.3 Å². The van der Waals surface area contributed by atoms with E-state index in [1.807, 2.05) is 13.8 Å². The standard InChI is InChI=1S/C17H23N3O3S/c1-6-17(4)9-20(7-8-23-17)14-12-10(2)13(16(21)22-5)24-15(12)19-11(3)18-14/h6-9H2,1-5H3. The van der Waals surface area contributed by atoms with E-state index in [4.69, 9.17) is 14.5 Å². The van der Waals surface area contributed by atoms with Gasteiger partial charge in [-0.25, -0.2) is 14.8 Å². The first kappa shape index (κ1) is 17.1. The van der Waals surface area contributed by atoms with Gasteiger partial charge in [-0.15, -0.1) is 11.3 Å². The number of ether oxygens (including phenoxy) is 2. The van der Waals surface area contributed by atoms with Gasteiger partial charge in [-0.05, 0) is 32.8 Å². The number of fused-ring (bicyclic) bond motifs is 1. The van der Waals surface area contributed by atoms with E-state index in [9.17, 15) is 4.79 Å². The summed E-state index contributed by atoms with van der Waals surface area (Å²) in [6.45, 7) is 10.3. The molecule has 1 unspecified atom stereocenters. The van der Waals surface area contributed by atoms with Crippen molar-refractivity contribution in [1.29, 1.82) is 0 Å². The van der Waals surface area contributed by atoms with Gasteiger partial charge < -0.3 is 14.4 Å². The topological polar surface area (TPSA) is 64.6 Å². The number of morpholine rings is 1. The molecule has 6 nitrogen and oxygen atoms in total. The minimum absolute atomic E-state index is 0.182. The van der Waals surface area contributed by atoms with Crippen molar-refractivity contribution in [3.8, 4) is 0 Å². The first-order valence-electron chi connectivity index (χ1n) is 8.13. The summed E-state index contributed by atoms with van der Waals surface area (Å²) in [6, 6.07) is 0. The van der Waals surface area contributed by atoms with Crippen molar-refractivity contribution in [3.63, 3.8) is 0 Å². The minimum atomic E-state index is -0.320. The molecular weight excluding hydrogens is 326 g/mol. The Hall–Kier alpha value is -1.73. The van der Waals surface area contributed by atoms with Crippen LogP contribution in [0.15, 0.2) is 0 Å². The normalized spacial score (nSPS) is 21.3. The second kappa shape index (κ2) is 6.29. The maximum absolute atomic E-state index is 12.0. The minimum Gasteiger partial charge on any atom is -0.465 e. The van der Waals surface area contributed by atoms with Crippen LogP contribution >= 0.6 is 11.3 Å². The Morgan fingerprint density at radius 2 is 2.17 bits per heavy atom. The molecule has 0 amide bonds. The number of carbonyl (C=O) groups is 1. The lowest BCUT2D eigenvalue weighted by molar-refractivity contribution is -0.0442. The van der Waals surface area contributed by atoms with Gasteiger partial charge in [0.15, 0.2) is 0 Å². The first-order valence-corrected chi connectivity index (χ1v) is 8.95. The summed E-state index contributed by atoms with van der Waals surface area (Å²) >= 11 is 1.37. The van der Waals surface area contributed by atoms with Gasteiger partial charge in [-0.1, -0.05) is 6.92 Å². The van der Waals surface area contributed by atoms with Gasteiger partial charge >= 0.3 is 5.97 Å². The number of anilines is 1. The Labute approximate surface area is 145 Å². The quantitative estimate of drug-likeness (QED) is 0.794. The highest BCUT2D eigenvalue weighted by atomic mass is 32.1. The largest absolute Gasteiger partial charge is 0.465 e. The lowest BCUT2D eigenvalue weighted by Crippen LogP contribution is -2.50. The van der Waals surface area contributed by atoms with Crippen molar-refractivity contribution in [1.82, 2.24) is 9.97 Å². The fourth-order valence-electron chi connectivity index (χ4n) is 3.06. The zero-order valence-corrected chi connectivity index (χ0v) is 15.6. The van der Waals surface area contributed by atoms with Gasteiger partial charge in [0.1, 0.15) is 21.3 Å². The summed E-state index contributed by atoms with van der Waals surface area (Å²) in [5.74, 6) is 1.28. The van der Waals surface area contributed by atoms with Crippen molar-refractivity contribution in [2.24, 2.45) is 0 Å². The van der Waals surface area contributed by atoms with Gasteiger partial charge in [0.05, 0.1) is 24.7 Å². The molecule has 0 saturated carbocycles. The molecule has 0 N–H and O–H groups in total. The van der Waals surface area contributed by atoms with Crippen molar-refractivity contribution in [2.75, 3.05) is 31.7 Å². The third-order valence-corrected chi connectivity index (χ3v) is 5.80. The number of nitrogens with zero attached hydrogens (tertiary/aromatic N) is 3. The molecule has 0 radical (unpaired) electrons. The van der Waals surface area contributed by atoms with Gasteiger partial charge in [-0.3, -0.25) is 0 Å². The zero-order chi connectivity index (χ0) is 17.5. The van der Waals surface area contributed by atoms with Crippen LogP contribution in [0, 0.1) is 13.8 Å². The number of methoxy groups -OCH3 is 1. The third kappa shape index (κ3) is 2.86. The van der Waals surface area contributed by atoms with E-state index in [1.165, 1.54) is 18.4 Å². The predicted molar refractivity (Wildman–Crippen MR) is 95.1 cm³/mol. The highest BCUT2D eigenvalue weighted by molar-refractivity contribution is 7.20. The summed E-state index contributed by atoms with van der Waals surface area (Å²) in [4.78, 5) is 24.9. The predicted octanol–water partition coefficient (Wildman–Crippen LogP) is 3.10. The molecule has 1 aliphatic heterocycles. The fourth-order valence-corrected chi connectivity index (χ4v) is 4.20. The molecule has 1 fully saturated rings. The molecule has 0 aromatic carbocycles. The van der Waals surface area contributed by atoms with Crippen molar-refractivity contribution >= 4 is 33.3 Å². The zero-order valence-electron chi connectivity index (χ0n) is 14.8. The van der Waals surface area contributed by atoms with Crippen LogP contribution < -0.4 is 4.90 Å². The van der Waals surface area contributed by atoms with Gasteiger partial charge in [-0.2, -0.15) is 0 Å². The van der Waals surface area contributed by atoms with E-state index < -0.39 is 0 Å². The van der Waals surface area contributed by atoms with E-state index >= 15 is 0 Å². The van der Waals surface area contributed by atoms with Crippen LogP contribution in [0.5, 0.6) is 0 Å². The van der Waals surface area contributed by atoms with Crippen LogP contribution in [0.4, 0.5) is 5.82 Å². The van der Waals surface area contributed by atoms with Crippen molar-refractivity contribution < 1.29 is 14.3 Å². The van der Waals surface area contributed by atoms with Crippen LogP contribution in [0.2, 0.25) is 0 Å². The van der Waals surface area contributed by atoms with E-state index in [1.54, 1.807) is 0 Å². The molecule has 0 spiro atoms. The number of hydrogen-bond donors (Lipinski definition) is 0. The van der Waals surface area contributed by atoms with E-state index in [0.29, 0.717) is 17.3 Å². The molecule has 7 heteroatoms. The first-order chi connectivity index (χ1) is 11.4. The van der Waals surface area contributed by atoms with Gasteiger partial charge in [0.25, 0.3) is 0 Å². The molecule has 1 saturated heterocycles. The van der Waals surface area contributed by atoms with E-state index in [0.717, 1.165) is 41.1 Å². The average Bonchev–Trinajstić information content (AvgIpc) is 2.90. The van der Waals surface area contributed by atoms with Gasteiger partial charge in [0, 0.05) is 13.1 Å². The molecular formula is C17H23N3O3S. The molecule has 1 aliphatic rings. The molecule has 24 heavy (non-hydrogen) atoms. The van der Waals surface area contributed by atoms with Crippen LogP contribution in [0.3, 0.4) is 0 Å². The van der Waals surface area contributed by atoms with Crippen molar-refractivity contribution in [3.05, 3.63) is 16.3 Å². The molecule has 3 rings (SSSR count). The molecule has 0 bridgehead atoms. The number of esters is 1. The van der Waals surface area contributed by atoms with Crippen LogP contribution in [0.25, 0.3) is 10.2 Å². The summed E-state index contributed by atoms with van der Waals surface area (Å²) in [6.07, 6.45) is 0.937. The van der Waals surface area contributed by atoms with Crippen LogP contribution in [0.1, 0.15) is 41.3 Å². The maximum atomic E-state index is 12.0. The SMILES string of the molecule is CCC1(C)CN(c2nc(C)nc3sc(C(=O)OC)c(C)c23)CCO1. The Morgan fingerprint density at radius 3 is 2.83 bits per heavy atom. The molecule has 130 valence electrons. The lowest BCUT2D eigenvalue weighted by atomic mass is 10.0. The number of hydrogen-bond acceptors (Lipinski definition) is 7. The molecule has 0 aliphatic carbocycles. The second-order valence-electron chi connectivity index (χ2n) is 6.40. The summed E-state index contributed by atoms with van der Waals surface area (Å²) in [7, 11) is 1.40. The lowest BCUT2D eigenvalue weighted by Gasteiger charge is -2.40. The highest BCUT2D eigenvalue weighted by Gasteiger charge is 2.33. The summed E-state index contributed by atoms with van der Waals surface area (Å²) in [5, 5.41) is 0.950. The molecule has 2 aromatic heterocycles. The Kier molecular flexibility index (Phi) is 4.48. The molecule has 2 aromatic rings.